The smallest absolute Gasteiger partial charge is 0.458 e. The molecule has 26 heavy (non-hydrogen) atoms. The number of nitro groups is 1. The van der Waals surface area contributed by atoms with Crippen LogP contribution in [-0.2, 0) is 5.92 Å². The summed E-state index contributed by atoms with van der Waals surface area (Å²) in [5, 5.41) is 19.8. The summed E-state index contributed by atoms with van der Waals surface area (Å²) in [6.45, 7) is -0.335. The van der Waals surface area contributed by atoms with Crippen LogP contribution in [0.4, 0.5) is 32.4 Å². The van der Waals surface area contributed by atoms with E-state index in [0.717, 1.165) is 4.90 Å². The fraction of sp³-hybridized carbons (Fsp3) is 0.500. The first-order chi connectivity index (χ1) is 11.9. The third-order valence-corrected chi connectivity index (χ3v) is 3.92. The predicted molar refractivity (Wildman–Crippen MR) is 76.3 cm³/mol. The molecule has 1 amide bonds. The van der Waals surface area contributed by atoms with Gasteiger partial charge in [0.2, 0.25) is 0 Å². The molecule has 0 spiro atoms. The van der Waals surface area contributed by atoms with Crippen molar-refractivity contribution in [3.05, 3.63) is 33.9 Å². The monoisotopic (exact) mass is 384 g/mol. The van der Waals surface area contributed by atoms with Crippen LogP contribution in [0.5, 0.6) is 5.75 Å². The second kappa shape index (κ2) is 6.92. The zero-order valence-corrected chi connectivity index (χ0v) is 13.0. The van der Waals surface area contributed by atoms with Gasteiger partial charge in [-0.15, -0.1) is 0 Å². The number of carbonyl (C=O) groups is 1. The molecule has 1 aromatic rings. The van der Waals surface area contributed by atoms with E-state index < -0.39 is 52.8 Å². The molecule has 0 unspecified atom stereocenters. The largest absolute Gasteiger partial charge is 0.491 e. The second-order valence-corrected chi connectivity index (χ2v) is 5.59. The predicted octanol–water partition coefficient (Wildman–Crippen LogP) is 3.77. The van der Waals surface area contributed by atoms with Crippen molar-refractivity contribution >= 4 is 11.8 Å². The highest BCUT2D eigenvalue weighted by Gasteiger charge is 2.60. The maximum Gasteiger partial charge on any atom is 0.458 e. The van der Waals surface area contributed by atoms with Gasteiger partial charge in [-0.1, -0.05) is 0 Å². The highest BCUT2D eigenvalue weighted by atomic mass is 19.4. The summed E-state index contributed by atoms with van der Waals surface area (Å²) in [6, 6.07) is 0.514. The molecule has 7 nitrogen and oxygen atoms in total. The molecule has 144 valence electrons. The molecule has 0 aliphatic carbocycles. The van der Waals surface area contributed by atoms with Crippen molar-refractivity contribution in [1.82, 2.24) is 4.90 Å². The van der Waals surface area contributed by atoms with E-state index in [2.05, 4.69) is 0 Å². The first-order valence-electron chi connectivity index (χ1n) is 7.31. The molecule has 2 rings (SSSR count). The third kappa shape index (κ3) is 3.78. The fourth-order valence-corrected chi connectivity index (χ4v) is 2.60. The van der Waals surface area contributed by atoms with E-state index >= 15 is 0 Å². The van der Waals surface area contributed by atoms with E-state index in [1.165, 1.54) is 0 Å². The number of hydrogen-bond donors (Lipinski definition) is 1. The van der Waals surface area contributed by atoms with Crippen LogP contribution in [0.3, 0.4) is 0 Å². The zero-order chi connectivity index (χ0) is 19.7. The minimum absolute atomic E-state index is 0.171. The highest BCUT2D eigenvalue weighted by molar-refractivity contribution is 5.65. The standard InChI is InChI=1S/C14H13F5N2O5/c15-13(16,14(17,18)19)10-4-3-8(21(24)25)6-11(10)26-7-9-2-1-5-20(9)12(22)23/h3-4,6,9H,1-2,5,7H2,(H,22,23)/t9-/m0/s1. The van der Waals surface area contributed by atoms with Gasteiger partial charge in [0.05, 0.1) is 22.6 Å². The van der Waals surface area contributed by atoms with Crippen molar-refractivity contribution < 1.29 is 41.5 Å². The number of likely N-dealkylation sites (tertiary alicyclic amines) is 1. The van der Waals surface area contributed by atoms with Gasteiger partial charge in [0, 0.05) is 12.6 Å². The summed E-state index contributed by atoms with van der Waals surface area (Å²) in [6.07, 6.45) is -6.41. The van der Waals surface area contributed by atoms with Crippen LogP contribution in [-0.4, -0.2) is 46.4 Å². The molecule has 12 heteroatoms. The molecule has 1 fully saturated rings. The number of hydrogen-bond acceptors (Lipinski definition) is 4. The number of halogens is 5. The fourth-order valence-electron chi connectivity index (χ4n) is 2.60. The molecule has 1 saturated heterocycles. The van der Waals surface area contributed by atoms with E-state index in [1.807, 2.05) is 0 Å². The Kier molecular flexibility index (Phi) is 5.23. The number of carboxylic acid groups (broad SMARTS) is 1. The van der Waals surface area contributed by atoms with E-state index in [0.29, 0.717) is 25.0 Å². The van der Waals surface area contributed by atoms with Crippen LogP contribution in [0, 0.1) is 10.1 Å². The first kappa shape index (κ1) is 19.7. The van der Waals surface area contributed by atoms with Gasteiger partial charge in [-0.2, -0.15) is 22.0 Å². The molecule has 0 radical (unpaired) electrons. The Balaban J connectivity index is 2.34. The van der Waals surface area contributed by atoms with Gasteiger partial charge in [-0.05, 0) is 18.9 Å². The SMILES string of the molecule is O=C(O)N1CCC[C@H]1COc1cc([N+](=O)[O-])ccc1C(F)(F)C(F)(F)F. The molecule has 1 heterocycles. The number of non-ortho nitro benzene ring substituents is 1. The van der Waals surface area contributed by atoms with Crippen LogP contribution in [0.15, 0.2) is 18.2 Å². The topological polar surface area (TPSA) is 92.9 Å². The molecular weight excluding hydrogens is 371 g/mol. The number of nitro benzene ring substituents is 1. The number of ether oxygens (including phenoxy) is 1. The minimum atomic E-state index is -5.93. The molecule has 1 aromatic carbocycles. The van der Waals surface area contributed by atoms with Gasteiger partial charge >= 0.3 is 18.2 Å². The van der Waals surface area contributed by atoms with Crippen molar-refractivity contribution in [3.63, 3.8) is 0 Å². The van der Waals surface area contributed by atoms with Gasteiger partial charge in [0.25, 0.3) is 5.69 Å². The Morgan fingerprint density at radius 3 is 2.54 bits per heavy atom. The lowest BCUT2D eigenvalue weighted by Crippen LogP contribution is -2.38. The van der Waals surface area contributed by atoms with E-state index in [4.69, 9.17) is 9.84 Å². The molecule has 1 aliphatic rings. The van der Waals surface area contributed by atoms with Crippen molar-refractivity contribution in [2.45, 2.75) is 31.0 Å². The molecule has 0 saturated carbocycles. The first-order valence-corrected chi connectivity index (χ1v) is 7.31. The molecule has 1 atom stereocenters. The summed E-state index contributed by atoms with van der Waals surface area (Å²) in [4.78, 5) is 21.8. The van der Waals surface area contributed by atoms with Crippen molar-refractivity contribution in [2.75, 3.05) is 13.2 Å². The molecule has 0 aromatic heterocycles. The van der Waals surface area contributed by atoms with E-state index in [9.17, 15) is 36.9 Å². The maximum absolute atomic E-state index is 13.7. The van der Waals surface area contributed by atoms with Gasteiger partial charge in [-0.25, -0.2) is 4.79 Å². The lowest BCUT2D eigenvalue weighted by molar-refractivity contribution is -0.385. The second-order valence-electron chi connectivity index (χ2n) is 5.59. The highest BCUT2D eigenvalue weighted by Crippen LogP contribution is 2.47. The van der Waals surface area contributed by atoms with Crippen LogP contribution < -0.4 is 4.74 Å². The van der Waals surface area contributed by atoms with Crippen LogP contribution >= 0.6 is 0 Å². The number of rotatable bonds is 5. The number of nitrogens with zero attached hydrogens (tertiary/aromatic N) is 2. The quantitative estimate of drug-likeness (QED) is 0.474. The summed E-state index contributed by atoms with van der Waals surface area (Å²) < 4.78 is 70.3. The van der Waals surface area contributed by atoms with Crippen molar-refractivity contribution in [3.8, 4) is 5.75 Å². The van der Waals surface area contributed by atoms with Gasteiger partial charge in [0.15, 0.2) is 0 Å². The molecule has 1 aliphatic heterocycles. The van der Waals surface area contributed by atoms with E-state index in [-0.39, 0.29) is 12.6 Å². The van der Waals surface area contributed by atoms with Crippen LogP contribution in [0.25, 0.3) is 0 Å². The average Bonchev–Trinajstić information content (AvgIpc) is 3.00. The number of benzene rings is 1. The lowest BCUT2D eigenvalue weighted by atomic mass is 10.1. The molecule has 1 N–H and O–H groups in total. The van der Waals surface area contributed by atoms with Crippen molar-refractivity contribution in [2.24, 2.45) is 0 Å². The summed E-state index contributed by atoms with van der Waals surface area (Å²) in [5.41, 5.74) is -2.31. The van der Waals surface area contributed by atoms with Crippen LogP contribution in [0.1, 0.15) is 18.4 Å². The number of amides is 1. The Morgan fingerprint density at radius 2 is 2.00 bits per heavy atom. The Bertz CT molecular complexity index is 709. The third-order valence-electron chi connectivity index (χ3n) is 3.92. The normalized spacial score (nSPS) is 18.0. The summed E-state index contributed by atoms with van der Waals surface area (Å²) in [7, 11) is 0. The zero-order valence-electron chi connectivity index (χ0n) is 13.0. The van der Waals surface area contributed by atoms with E-state index in [1.54, 1.807) is 0 Å². The average molecular weight is 384 g/mol. The van der Waals surface area contributed by atoms with Gasteiger partial charge < -0.3 is 14.7 Å². The Hall–Kier alpha value is -2.66. The van der Waals surface area contributed by atoms with Crippen LogP contribution in [0.2, 0.25) is 0 Å². The van der Waals surface area contributed by atoms with Gasteiger partial charge in [0.1, 0.15) is 12.4 Å². The lowest BCUT2D eigenvalue weighted by Gasteiger charge is -2.25. The Labute approximate surface area is 143 Å². The number of alkyl halides is 5. The maximum atomic E-state index is 13.7. The Morgan fingerprint density at radius 1 is 1.35 bits per heavy atom. The van der Waals surface area contributed by atoms with Gasteiger partial charge in [-0.3, -0.25) is 10.1 Å². The molecule has 0 bridgehead atoms. The summed E-state index contributed by atoms with van der Waals surface area (Å²) >= 11 is 0. The summed E-state index contributed by atoms with van der Waals surface area (Å²) in [5.74, 6) is -6.31. The minimum Gasteiger partial charge on any atom is -0.491 e. The van der Waals surface area contributed by atoms with Crippen molar-refractivity contribution in [1.29, 1.82) is 0 Å². The molecular formula is C14H13F5N2O5.